The van der Waals surface area contributed by atoms with Crippen LogP contribution in [0.4, 0.5) is 13.2 Å². The van der Waals surface area contributed by atoms with E-state index in [9.17, 15) is 18.0 Å². The fourth-order valence-corrected chi connectivity index (χ4v) is 3.78. The van der Waals surface area contributed by atoms with E-state index in [4.69, 9.17) is 0 Å². The molecule has 3 heterocycles. The van der Waals surface area contributed by atoms with Gasteiger partial charge in [-0.3, -0.25) is 14.2 Å². The van der Waals surface area contributed by atoms with Gasteiger partial charge in [0.05, 0.1) is 24.0 Å². The summed E-state index contributed by atoms with van der Waals surface area (Å²) in [6.45, 7) is 3.99. The average molecular weight is 437 g/mol. The summed E-state index contributed by atoms with van der Waals surface area (Å²) in [6, 6.07) is 15.3. The molecule has 0 unspecified atom stereocenters. The number of ketones is 1. The maximum absolute atomic E-state index is 12.4. The summed E-state index contributed by atoms with van der Waals surface area (Å²) in [5, 5.41) is 0. The Labute approximate surface area is 183 Å². The van der Waals surface area contributed by atoms with Crippen LogP contribution in [0, 0.1) is 13.8 Å². The van der Waals surface area contributed by atoms with Crippen molar-refractivity contribution in [2.75, 3.05) is 0 Å². The zero-order valence-corrected chi connectivity index (χ0v) is 17.8. The van der Waals surface area contributed by atoms with Crippen LogP contribution in [0.15, 0.2) is 60.9 Å². The van der Waals surface area contributed by atoms with E-state index in [1.807, 2.05) is 60.8 Å². The highest BCUT2D eigenvalue weighted by Gasteiger charge is 2.27. The van der Waals surface area contributed by atoms with E-state index >= 15 is 0 Å². The summed E-state index contributed by atoms with van der Waals surface area (Å²) in [5.41, 5.74) is 7.05. The molecule has 0 saturated carbocycles. The van der Waals surface area contributed by atoms with E-state index in [-0.39, 0.29) is 6.42 Å². The molecule has 0 atom stereocenters. The van der Waals surface area contributed by atoms with Crippen molar-refractivity contribution in [1.29, 1.82) is 0 Å². The van der Waals surface area contributed by atoms with Crippen LogP contribution in [-0.4, -0.2) is 26.3 Å². The number of benzene rings is 1. The molecule has 4 rings (SSSR count). The number of pyridine rings is 2. The first kappa shape index (κ1) is 21.7. The van der Waals surface area contributed by atoms with Crippen LogP contribution < -0.4 is 0 Å². The second-order valence-electron chi connectivity index (χ2n) is 7.99. The van der Waals surface area contributed by atoms with Gasteiger partial charge in [0, 0.05) is 35.9 Å². The van der Waals surface area contributed by atoms with Crippen molar-refractivity contribution in [3.05, 3.63) is 77.7 Å². The number of alkyl halides is 3. The third-order valence-electron chi connectivity index (χ3n) is 5.22. The molecule has 0 bridgehead atoms. The number of fused-ring (bicyclic) bond motifs is 1. The molecule has 4 aromatic rings. The third-order valence-corrected chi connectivity index (χ3v) is 5.22. The number of hydrogen-bond acceptors (Lipinski definition) is 3. The molecule has 32 heavy (non-hydrogen) atoms. The zero-order valence-electron chi connectivity index (χ0n) is 17.8. The zero-order chi connectivity index (χ0) is 22.9. The highest BCUT2D eigenvalue weighted by atomic mass is 19.4. The Morgan fingerprint density at radius 2 is 1.84 bits per heavy atom. The first-order valence-electron chi connectivity index (χ1n) is 10.3. The third kappa shape index (κ3) is 5.04. The van der Waals surface area contributed by atoms with Crippen molar-refractivity contribution >= 4 is 11.4 Å². The normalized spacial score (nSPS) is 11.8. The number of nitrogens with zero attached hydrogens (tertiary/aromatic N) is 3. The van der Waals surface area contributed by atoms with Crippen LogP contribution in [0.3, 0.4) is 0 Å². The first-order valence-corrected chi connectivity index (χ1v) is 10.3. The number of carbonyl (C=O) groups is 1. The lowest BCUT2D eigenvalue weighted by molar-refractivity contribution is -0.143. The van der Waals surface area contributed by atoms with Gasteiger partial charge in [0.15, 0.2) is 0 Å². The second-order valence-corrected chi connectivity index (χ2v) is 7.99. The molecule has 0 aliphatic heterocycles. The monoisotopic (exact) mass is 437 g/mol. The quantitative estimate of drug-likeness (QED) is 0.364. The van der Waals surface area contributed by atoms with Crippen LogP contribution in [0.1, 0.15) is 29.7 Å². The molecular weight excluding hydrogens is 415 g/mol. The van der Waals surface area contributed by atoms with Gasteiger partial charge in [-0.15, -0.1) is 0 Å². The van der Waals surface area contributed by atoms with Crippen molar-refractivity contribution in [1.82, 2.24) is 14.4 Å². The first-order chi connectivity index (χ1) is 15.2. The smallest absolute Gasteiger partial charge is 0.300 e. The lowest BCUT2D eigenvalue weighted by atomic mass is 10.0. The maximum atomic E-state index is 12.4. The molecule has 3 aromatic heterocycles. The molecule has 0 aliphatic carbocycles. The fourth-order valence-electron chi connectivity index (χ4n) is 3.78. The van der Waals surface area contributed by atoms with Gasteiger partial charge < -0.3 is 0 Å². The summed E-state index contributed by atoms with van der Waals surface area (Å²) in [4.78, 5) is 21.1. The molecule has 0 aliphatic rings. The second kappa shape index (κ2) is 8.57. The Kier molecular flexibility index (Phi) is 5.82. The van der Waals surface area contributed by atoms with E-state index < -0.39 is 24.8 Å². The predicted molar refractivity (Wildman–Crippen MR) is 117 cm³/mol. The number of Topliss-reactive ketones (excluding diaryl/α,β-unsaturated/α-hetero) is 1. The molecule has 0 N–H and O–H groups in total. The Hall–Kier alpha value is -3.48. The Morgan fingerprint density at radius 3 is 2.59 bits per heavy atom. The van der Waals surface area contributed by atoms with Gasteiger partial charge in [0.1, 0.15) is 11.4 Å². The minimum atomic E-state index is -4.32. The topological polar surface area (TPSA) is 47.3 Å². The molecule has 7 heteroatoms. The lowest BCUT2D eigenvalue weighted by Gasteiger charge is -2.08. The minimum absolute atomic E-state index is 0.0246. The number of carbonyl (C=O) groups excluding carboxylic acids is 1. The molecule has 0 saturated heterocycles. The Balaban J connectivity index is 1.59. The largest absolute Gasteiger partial charge is 0.389 e. The summed E-state index contributed by atoms with van der Waals surface area (Å²) in [6.07, 6.45) is -2.26. The van der Waals surface area contributed by atoms with E-state index in [0.29, 0.717) is 5.56 Å². The number of halogens is 3. The molecular formula is C25H22F3N3O. The number of hydrogen-bond donors (Lipinski definition) is 0. The van der Waals surface area contributed by atoms with E-state index in [1.54, 1.807) is 18.3 Å². The van der Waals surface area contributed by atoms with Crippen molar-refractivity contribution in [3.63, 3.8) is 0 Å². The van der Waals surface area contributed by atoms with Gasteiger partial charge >= 0.3 is 6.18 Å². The molecule has 0 spiro atoms. The number of aryl methyl sites for hydroxylation is 2. The van der Waals surface area contributed by atoms with Crippen molar-refractivity contribution in [3.8, 4) is 22.5 Å². The van der Waals surface area contributed by atoms with Crippen molar-refractivity contribution in [2.45, 2.75) is 39.3 Å². The predicted octanol–water partition coefficient (Wildman–Crippen LogP) is 6.13. The summed E-state index contributed by atoms with van der Waals surface area (Å²) in [7, 11) is 0. The number of imidazole rings is 1. The number of rotatable bonds is 6. The summed E-state index contributed by atoms with van der Waals surface area (Å²) >= 11 is 0. The van der Waals surface area contributed by atoms with E-state index in [0.717, 1.165) is 39.4 Å². The van der Waals surface area contributed by atoms with E-state index in [2.05, 4.69) is 9.97 Å². The average Bonchev–Trinajstić information content (AvgIpc) is 3.14. The molecule has 0 radical (unpaired) electrons. The lowest BCUT2D eigenvalue weighted by Crippen LogP contribution is -2.12. The fraction of sp³-hybridized carbons (Fsp3) is 0.240. The van der Waals surface area contributed by atoms with E-state index in [1.165, 1.54) is 0 Å². The molecule has 0 amide bonds. The summed E-state index contributed by atoms with van der Waals surface area (Å²) in [5.74, 6) is -0.428. The minimum Gasteiger partial charge on any atom is -0.300 e. The highest BCUT2D eigenvalue weighted by molar-refractivity contribution is 5.81. The SMILES string of the molecule is Cc1cc(C)nc(-c2ccn3c(-c4cccc(CC(=O)CCC(F)(F)F)c4)cnc3c2)c1. The van der Waals surface area contributed by atoms with Gasteiger partial charge in [-0.1, -0.05) is 18.2 Å². The van der Waals surface area contributed by atoms with Crippen LogP contribution >= 0.6 is 0 Å². The molecule has 1 aromatic carbocycles. The molecule has 0 fully saturated rings. The molecule has 164 valence electrons. The van der Waals surface area contributed by atoms with Crippen molar-refractivity contribution in [2.24, 2.45) is 0 Å². The van der Waals surface area contributed by atoms with Crippen LogP contribution in [0.5, 0.6) is 0 Å². The highest BCUT2D eigenvalue weighted by Crippen LogP contribution is 2.26. The Bertz CT molecular complexity index is 1270. The van der Waals surface area contributed by atoms with Crippen LogP contribution in [-0.2, 0) is 11.2 Å². The van der Waals surface area contributed by atoms with Gasteiger partial charge in [-0.2, -0.15) is 13.2 Å². The van der Waals surface area contributed by atoms with Crippen molar-refractivity contribution < 1.29 is 18.0 Å². The number of aromatic nitrogens is 3. The summed E-state index contributed by atoms with van der Waals surface area (Å²) < 4.78 is 39.0. The molecule has 4 nitrogen and oxygen atoms in total. The van der Waals surface area contributed by atoms with Gasteiger partial charge in [0.2, 0.25) is 0 Å². The van der Waals surface area contributed by atoms with Gasteiger partial charge in [-0.25, -0.2) is 4.98 Å². The van der Waals surface area contributed by atoms with Gasteiger partial charge in [-0.05, 0) is 55.3 Å². The van der Waals surface area contributed by atoms with Crippen LogP contribution in [0.2, 0.25) is 0 Å². The van der Waals surface area contributed by atoms with Gasteiger partial charge in [0.25, 0.3) is 0 Å². The standard InChI is InChI=1S/C25H22F3N3O/c1-16-10-17(2)30-22(11-16)19-7-9-31-23(15-29-24(31)14-19)20-5-3-4-18(12-20)13-21(32)6-8-25(26,27)28/h3-5,7,9-12,14-15H,6,8,13H2,1-2H3. The van der Waals surface area contributed by atoms with Crippen LogP contribution in [0.25, 0.3) is 28.2 Å². The Morgan fingerprint density at radius 1 is 1.03 bits per heavy atom. The maximum Gasteiger partial charge on any atom is 0.389 e.